The Bertz CT molecular complexity index is 604. The fourth-order valence-electron chi connectivity index (χ4n) is 1.41. The van der Waals surface area contributed by atoms with Crippen molar-refractivity contribution in [3.8, 4) is 5.75 Å². The molecule has 2 rings (SSSR count). The second-order valence-electron chi connectivity index (χ2n) is 3.74. The molecule has 0 saturated heterocycles. The molecule has 0 aliphatic carbocycles. The lowest BCUT2D eigenvalue weighted by atomic mass is 10.2. The van der Waals surface area contributed by atoms with Crippen LogP contribution in [0.5, 0.6) is 5.75 Å². The minimum absolute atomic E-state index is 0.343. The number of para-hydroxylation sites is 1. The molecular formula is C15H10Cl2O2. The van der Waals surface area contributed by atoms with Gasteiger partial charge in [-0.2, -0.15) is 0 Å². The van der Waals surface area contributed by atoms with Gasteiger partial charge in [0.1, 0.15) is 5.75 Å². The fourth-order valence-corrected chi connectivity index (χ4v) is 1.71. The number of rotatable bonds is 3. The molecule has 0 fully saturated rings. The fraction of sp³-hybridized carbons (Fsp3) is 0. The zero-order valence-corrected chi connectivity index (χ0v) is 11.4. The molecule has 0 radical (unpaired) electrons. The Hall–Kier alpha value is -1.77. The highest BCUT2D eigenvalue weighted by Crippen LogP contribution is 2.23. The zero-order chi connectivity index (χ0) is 13.7. The van der Waals surface area contributed by atoms with Crippen LogP contribution in [0.15, 0.2) is 54.6 Å². The van der Waals surface area contributed by atoms with Crippen molar-refractivity contribution < 1.29 is 9.53 Å². The van der Waals surface area contributed by atoms with Gasteiger partial charge >= 0.3 is 5.97 Å². The van der Waals surface area contributed by atoms with Crippen molar-refractivity contribution in [1.82, 2.24) is 0 Å². The van der Waals surface area contributed by atoms with Crippen molar-refractivity contribution in [1.29, 1.82) is 0 Å². The number of esters is 1. The van der Waals surface area contributed by atoms with Gasteiger partial charge in [0.2, 0.25) is 0 Å². The molecule has 19 heavy (non-hydrogen) atoms. The first-order valence-corrected chi connectivity index (χ1v) is 6.31. The van der Waals surface area contributed by atoms with E-state index in [2.05, 4.69) is 0 Å². The summed E-state index contributed by atoms with van der Waals surface area (Å²) in [6.45, 7) is 0. The second kappa shape index (κ2) is 6.41. The van der Waals surface area contributed by atoms with Crippen LogP contribution in [0.1, 0.15) is 5.56 Å². The maximum atomic E-state index is 11.6. The van der Waals surface area contributed by atoms with Crippen molar-refractivity contribution in [3.05, 3.63) is 70.2 Å². The van der Waals surface area contributed by atoms with E-state index >= 15 is 0 Å². The van der Waals surface area contributed by atoms with E-state index in [9.17, 15) is 4.79 Å². The highest BCUT2D eigenvalue weighted by atomic mass is 35.5. The zero-order valence-electron chi connectivity index (χ0n) is 9.85. The first kappa shape index (κ1) is 13.7. The lowest BCUT2D eigenvalue weighted by molar-refractivity contribution is -0.128. The van der Waals surface area contributed by atoms with Gasteiger partial charge in [0.05, 0.1) is 5.02 Å². The van der Waals surface area contributed by atoms with E-state index in [4.69, 9.17) is 27.9 Å². The smallest absolute Gasteiger partial charge is 0.336 e. The first-order chi connectivity index (χ1) is 9.15. The van der Waals surface area contributed by atoms with E-state index in [0.29, 0.717) is 15.8 Å². The quantitative estimate of drug-likeness (QED) is 0.469. The second-order valence-corrected chi connectivity index (χ2v) is 4.58. The summed E-state index contributed by atoms with van der Waals surface area (Å²) in [7, 11) is 0. The van der Waals surface area contributed by atoms with Gasteiger partial charge in [-0.05, 0) is 35.9 Å². The molecule has 2 aromatic rings. The van der Waals surface area contributed by atoms with Crippen LogP contribution < -0.4 is 4.74 Å². The third kappa shape index (κ3) is 4.12. The molecule has 0 heterocycles. The molecule has 96 valence electrons. The standard InChI is InChI=1S/C15H10Cl2O2/c16-12-8-5-11(6-9-12)7-10-15(18)19-14-4-2-1-3-13(14)17/h1-10H/b10-7+. The van der Waals surface area contributed by atoms with E-state index in [-0.39, 0.29) is 0 Å². The van der Waals surface area contributed by atoms with E-state index in [1.54, 1.807) is 42.5 Å². The number of halogens is 2. The van der Waals surface area contributed by atoms with Gasteiger partial charge in [0.15, 0.2) is 0 Å². The summed E-state index contributed by atoms with van der Waals surface area (Å²) in [5, 5.41) is 1.05. The Kier molecular flexibility index (Phi) is 4.61. The molecule has 0 unspecified atom stereocenters. The van der Waals surface area contributed by atoms with Gasteiger partial charge in [-0.3, -0.25) is 0 Å². The number of hydrogen-bond acceptors (Lipinski definition) is 2. The largest absolute Gasteiger partial charge is 0.422 e. The summed E-state index contributed by atoms with van der Waals surface area (Å²) in [5.41, 5.74) is 0.862. The number of benzene rings is 2. The van der Waals surface area contributed by atoms with Crippen LogP contribution in [0.2, 0.25) is 10.0 Å². The average Bonchev–Trinajstić information content (AvgIpc) is 2.41. The summed E-state index contributed by atoms with van der Waals surface area (Å²) in [4.78, 5) is 11.6. The van der Waals surface area contributed by atoms with Crippen molar-refractivity contribution >= 4 is 35.2 Å². The monoisotopic (exact) mass is 292 g/mol. The summed E-state index contributed by atoms with van der Waals surface area (Å²) in [5.74, 6) is -0.141. The first-order valence-electron chi connectivity index (χ1n) is 5.55. The lowest BCUT2D eigenvalue weighted by Crippen LogP contribution is -2.03. The minimum Gasteiger partial charge on any atom is -0.422 e. The molecule has 0 saturated carbocycles. The van der Waals surface area contributed by atoms with Crippen molar-refractivity contribution in [2.24, 2.45) is 0 Å². The van der Waals surface area contributed by atoms with E-state index in [1.165, 1.54) is 6.08 Å². The molecule has 0 aromatic heterocycles. The molecule has 4 heteroatoms. The highest BCUT2D eigenvalue weighted by Gasteiger charge is 2.04. The van der Waals surface area contributed by atoms with Gasteiger partial charge in [-0.1, -0.05) is 47.5 Å². The Morgan fingerprint density at radius 2 is 1.68 bits per heavy atom. The normalized spacial score (nSPS) is 10.6. The third-order valence-corrected chi connectivity index (χ3v) is 2.89. The highest BCUT2D eigenvalue weighted by molar-refractivity contribution is 6.32. The van der Waals surface area contributed by atoms with Crippen molar-refractivity contribution in [3.63, 3.8) is 0 Å². The molecule has 0 atom stereocenters. The molecule has 0 spiro atoms. The molecule has 0 amide bonds. The SMILES string of the molecule is O=C(/C=C/c1ccc(Cl)cc1)Oc1ccccc1Cl. The molecular weight excluding hydrogens is 283 g/mol. The molecule has 0 aliphatic rings. The van der Waals surface area contributed by atoms with Crippen LogP contribution in [0.4, 0.5) is 0 Å². The van der Waals surface area contributed by atoms with E-state index < -0.39 is 5.97 Å². The maximum Gasteiger partial charge on any atom is 0.336 e. The molecule has 0 aliphatic heterocycles. The van der Waals surface area contributed by atoms with Gasteiger partial charge in [0, 0.05) is 11.1 Å². The van der Waals surface area contributed by atoms with Gasteiger partial charge in [-0.15, -0.1) is 0 Å². The van der Waals surface area contributed by atoms with Crippen molar-refractivity contribution in [2.45, 2.75) is 0 Å². The molecule has 0 bridgehead atoms. The van der Waals surface area contributed by atoms with Crippen LogP contribution in [-0.4, -0.2) is 5.97 Å². The third-order valence-electron chi connectivity index (χ3n) is 2.33. The van der Waals surface area contributed by atoms with Crippen LogP contribution in [-0.2, 0) is 4.79 Å². The van der Waals surface area contributed by atoms with Gasteiger partial charge in [-0.25, -0.2) is 4.79 Å². The molecule has 0 N–H and O–H groups in total. The predicted molar refractivity (Wildman–Crippen MR) is 77.6 cm³/mol. The summed E-state index contributed by atoms with van der Waals surface area (Å²) in [6.07, 6.45) is 2.99. The van der Waals surface area contributed by atoms with Crippen LogP contribution in [0.3, 0.4) is 0 Å². The Morgan fingerprint density at radius 1 is 1.00 bits per heavy atom. The topological polar surface area (TPSA) is 26.3 Å². The molecule has 2 aromatic carbocycles. The van der Waals surface area contributed by atoms with Crippen LogP contribution in [0, 0.1) is 0 Å². The van der Waals surface area contributed by atoms with Crippen LogP contribution >= 0.6 is 23.2 Å². The molecule has 2 nitrogen and oxygen atoms in total. The van der Waals surface area contributed by atoms with E-state index in [0.717, 1.165) is 5.56 Å². The number of carbonyl (C=O) groups excluding carboxylic acids is 1. The summed E-state index contributed by atoms with van der Waals surface area (Å²) < 4.78 is 5.11. The predicted octanol–water partition coefficient (Wildman–Crippen LogP) is 4.61. The Morgan fingerprint density at radius 3 is 2.37 bits per heavy atom. The Labute approximate surface area is 121 Å². The summed E-state index contributed by atoms with van der Waals surface area (Å²) in [6, 6.07) is 13.9. The Balaban J connectivity index is 2.02. The van der Waals surface area contributed by atoms with Crippen LogP contribution in [0.25, 0.3) is 6.08 Å². The number of carbonyl (C=O) groups is 1. The van der Waals surface area contributed by atoms with E-state index in [1.807, 2.05) is 12.1 Å². The minimum atomic E-state index is -0.483. The maximum absolute atomic E-state index is 11.6. The number of ether oxygens (including phenoxy) is 1. The van der Waals surface area contributed by atoms with Gasteiger partial charge in [0.25, 0.3) is 0 Å². The van der Waals surface area contributed by atoms with Gasteiger partial charge < -0.3 is 4.74 Å². The number of hydrogen-bond donors (Lipinski definition) is 0. The average molecular weight is 293 g/mol. The lowest BCUT2D eigenvalue weighted by Gasteiger charge is -2.02. The van der Waals surface area contributed by atoms with Crippen molar-refractivity contribution in [2.75, 3.05) is 0 Å². The summed E-state index contributed by atoms with van der Waals surface area (Å²) >= 11 is 11.7.